The zero-order chi connectivity index (χ0) is 16.1. The summed E-state index contributed by atoms with van der Waals surface area (Å²) in [6.45, 7) is 3.27. The molecule has 116 valence electrons. The van der Waals surface area contributed by atoms with Crippen LogP contribution in [0.5, 0.6) is 5.75 Å². The van der Waals surface area contributed by atoms with Crippen molar-refractivity contribution in [2.75, 3.05) is 6.61 Å². The fourth-order valence-electron chi connectivity index (χ4n) is 1.91. The maximum Gasteiger partial charge on any atom is 0.342 e. The van der Waals surface area contributed by atoms with Crippen molar-refractivity contribution in [3.63, 3.8) is 0 Å². The molecule has 0 unspecified atom stereocenters. The molecule has 1 aromatic heterocycles. The molecule has 0 saturated heterocycles. The fraction of sp³-hybridized carbons (Fsp3) is 0.250. The summed E-state index contributed by atoms with van der Waals surface area (Å²) in [6, 6.07) is 8.31. The van der Waals surface area contributed by atoms with E-state index in [2.05, 4.69) is 5.32 Å². The first-order valence-corrected chi connectivity index (χ1v) is 7.65. The Balaban J connectivity index is 1.88. The van der Waals surface area contributed by atoms with Gasteiger partial charge in [0, 0.05) is 4.88 Å². The number of aryl methyl sites for hydroxylation is 1. The van der Waals surface area contributed by atoms with E-state index in [-0.39, 0.29) is 29.9 Å². The van der Waals surface area contributed by atoms with Gasteiger partial charge in [0.15, 0.2) is 6.61 Å². The molecule has 0 saturated carbocycles. The van der Waals surface area contributed by atoms with Crippen LogP contribution in [0, 0.1) is 6.92 Å². The molecule has 1 heterocycles. The Bertz CT molecular complexity index is 667. The lowest BCUT2D eigenvalue weighted by Gasteiger charge is -2.12. The summed E-state index contributed by atoms with van der Waals surface area (Å²) in [5.74, 6) is -1.27. The predicted molar refractivity (Wildman–Crippen MR) is 84.0 cm³/mol. The lowest BCUT2D eigenvalue weighted by Crippen LogP contribution is -2.30. The Kier molecular flexibility index (Phi) is 5.16. The quantitative estimate of drug-likeness (QED) is 0.831. The van der Waals surface area contributed by atoms with E-state index >= 15 is 0 Å². The molecule has 1 amide bonds. The van der Waals surface area contributed by atoms with Crippen LogP contribution in [-0.2, 0) is 9.53 Å². The third-order valence-corrected chi connectivity index (χ3v) is 4.11. The number of benzene rings is 1. The zero-order valence-electron chi connectivity index (χ0n) is 12.3. The van der Waals surface area contributed by atoms with Gasteiger partial charge in [-0.3, -0.25) is 4.79 Å². The number of nitrogens with one attached hydrogen (secondary N) is 1. The van der Waals surface area contributed by atoms with E-state index in [1.807, 2.05) is 24.4 Å². The van der Waals surface area contributed by atoms with Gasteiger partial charge in [-0.15, -0.1) is 11.3 Å². The average Bonchev–Trinajstić information content (AvgIpc) is 3.01. The van der Waals surface area contributed by atoms with E-state index in [1.54, 1.807) is 24.3 Å². The van der Waals surface area contributed by atoms with Gasteiger partial charge in [0.1, 0.15) is 11.3 Å². The summed E-state index contributed by atoms with van der Waals surface area (Å²) in [7, 11) is 0. The highest BCUT2D eigenvalue weighted by molar-refractivity contribution is 7.10. The molecule has 0 bridgehead atoms. The average molecular weight is 319 g/mol. The van der Waals surface area contributed by atoms with Gasteiger partial charge in [-0.25, -0.2) is 4.79 Å². The van der Waals surface area contributed by atoms with Crippen LogP contribution < -0.4 is 5.32 Å². The van der Waals surface area contributed by atoms with E-state index in [0.29, 0.717) is 0 Å². The molecule has 0 aliphatic rings. The standard InChI is InChI=1S/C16H17NO4S/c1-10-5-6-13(18)12(8-10)16(20)21-9-15(19)17-11(2)14-4-3-7-22-14/h3-8,11,18H,9H2,1-2H3,(H,17,19)/t11-/m1/s1. The van der Waals surface area contributed by atoms with Crippen LogP contribution in [0.4, 0.5) is 0 Å². The number of rotatable bonds is 5. The molecule has 0 aliphatic heterocycles. The Labute approximate surface area is 132 Å². The Morgan fingerprint density at radius 2 is 2.14 bits per heavy atom. The zero-order valence-corrected chi connectivity index (χ0v) is 13.1. The van der Waals surface area contributed by atoms with Crippen molar-refractivity contribution in [2.45, 2.75) is 19.9 Å². The number of phenolic OH excluding ortho intramolecular Hbond substituents is 1. The number of carbonyl (C=O) groups is 2. The van der Waals surface area contributed by atoms with Gasteiger partial charge in [0.05, 0.1) is 6.04 Å². The highest BCUT2D eigenvalue weighted by Gasteiger charge is 2.16. The minimum absolute atomic E-state index is 0.0547. The minimum atomic E-state index is -0.722. The van der Waals surface area contributed by atoms with E-state index in [0.717, 1.165) is 10.4 Å². The molecule has 0 fully saturated rings. The van der Waals surface area contributed by atoms with Crippen molar-refractivity contribution in [2.24, 2.45) is 0 Å². The largest absolute Gasteiger partial charge is 0.507 e. The molecule has 6 heteroatoms. The summed E-state index contributed by atoms with van der Waals surface area (Å²) < 4.78 is 4.94. The van der Waals surface area contributed by atoms with Crippen molar-refractivity contribution in [3.05, 3.63) is 51.7 Å². The molecular weight excluding hydrogens is 302 g/mol. The number of thiophene rings is 1. The van der Waals surface area contributed by atoms with Gasteiger partial charge in [0.25, 0.3) is 5.91 Å². The van der Waals surface area contributed by atoms with Crippen LogP contribution in [0.2, 0.25) is 0 Å². The number of hydrogen-bond donors (Lipinski definition) is 2. The molecule has 2 aromatic rings. The lowest BCUT2D eigenvalue weighted by atomic mass is 10.1. The molecule has 2 rings (SSSR count). The second-order valence-corrected chi connectivity index (χ2v) is 5.88. The molecule has 0 aliphatic carbocycles. The normalized spacial score (nSPS) is 11.7. The molecule has 1 atom stereocenters. The summed E-state index contributed by atoms with van der Waals surface area (Å²) >= 11 is 1.54. The summed E-state index contributed by atoms with van der Waals surface area (Å²) in [6.07, 6.45) is 0. The maximum atomic E-state index is 11.9. The number of phenols is 1. The van der Waals surface area contributed by atoms with Crippen molar-refractivity contribution >= 4 is 23.2 Å². The second kappa shape index (κ2) is 7.09. The van der Waals surface area contributed by atoms with E-state index in [1.165, 1.54) is 12.1 Å². The van der Waals surface area contributed by atoms with Gasteiger partial charge in [-0.2, -0.15) is 0 Å². The molecule has 0 radical (unpaired) electrons. The first-order valence-electron chi connectivity index (χ1n) is 6.77. The lowest BCUT2D eigenvalue weighted by molar-refractivity contribution is -0.124. The summed E-state index contributed by atoms with van der Waals surface area (Å²) in [5, 5.41) is 14.3. The van der Waals surface area contributed by atoms with Crippen LogP contribution in [0.15, 0.2) is 35.7 Å². The molecule has 0 spiro atoms. The molecule has 2 N–H and O–H groups in total. The minimum Gasteiger partial charge on any atom is -0.507 e. The fourth-order valence-corrected chi connectivity index (χ4v) is 2.65. The van der Waals surface area contributed by atoms with Crippen molar-refractivity contribution in [1.29, 1.82) is 0 Å². The topological polar surface area (TPSA) is 75.6 Å². The van der Waals surface area contributed by atoms with Crippen LogP contribution in [0.25, 0.3) is 0 Å². The smallest absolute Gasteiger partial charge is 0.342 e. The number of amides is 1. The van der Waals surface area contributed by atoms with Crippen LogP contribution in [0.1, 0.15) is 33.8 Å². The Morgan fingerprint density at radius 1 is 1.36 bits per heavy atom. The number of esters is 1. The highest BCUT2D eigenvalue weighted by Crippen LogP contribution is 2.19. The maximum absolute atomic E-state index is 11.9. The number of ether oxygens (including phenoxy) is 1. The number of carbonyl (C=O) groups excluding carboxylic acids is 2. The predicted octanol–water partition coefficient (Wildman–Crippen LogP) is 2.80. The summed E-state index contributed by atoms with van der Waals surface area (Å²) in [4.78, 5) is 24.7. The van der Waals surface area contributed by atoms with Crippen molar-refractivity contribution in [1.82, 2.24) is 5.32 Å². The second-order valence-electron chi connectivity index (χ2n) is 4.90. The van der Waals surface area contributed by atoms with Gasteiger partial charge in [0.2, 0.25) is 0 Å². The Morgan fingerprint density at radius 3 is 2.82 bits per heavy atom. The van der Waals surface area contributed by atoms with Crippen LogP contribution in [0.3, 0.4) is 0 Å². The van der Waals surface area contributed by atoms with E-state index in [9.17, 15) is 14.7 Å². The van der Waals surface area contributed by atoms with Gasteiger partial charge in [-0.1, -0.05) is 17.7 Å². The van der Waals surface area contributed by atoms with E-state index < -0.39 is 5.97 Å². The first kappa shape index (κ1) is 16.0. The SMILES string of the molecule is Cc1ccc(O)c(C(=O)OCC(=O)N[C@H](C)c2cccs2)c1. The van der Waals surface area contributed by atoms with Gasteiger partial charge < -0.3 is 15.2 Å². The van der Waals surface area contributed by atoms with Crippen LogP contribution >= 0.6 is 11.3 Å². The van der Waals surface area contributed by atoms with Crippen LogP contribution in [-0.4, -0.2) is 23.6 Å². The van der Waals surface area contributed by atoms with Gasteiger partial charge in [-0.05, 0) is 37.4 Å². The van der Waals surface area contributed by atoms with Gasteiger partial charge >= 0.3 is 5.97 Å². The number of hydrogen-bond acceptors (Lipinski definition) is 5. The monoisotopic (exact) mass is 319 g/mol. The molecular formula is C16H17NO4S. The number of aromatic hydroxyl groups is 1. The third-order valence-electron chi connectivity index (χ3n) is 3.05. The molecule has 1 aromatic carbocycles. The van der Waals surface area contributed by atoms with Crippen molar-refractivity contribution in [3.8, 4) is 5.75 Å². The molecule has 22 heavy (non-hydrogen) atoms. The molecule has 5 nitrogen and oxygen atoms in total. The van der Waals surface area contributed by atoms with E-state index in [4.69, 9.17) is 4.74 Å². The Hall–Kier alpha value is -2.34. The highest BCUT2D eigenvalue weighted by atomic mass is 32.1. The van der Waals surface area contributed by atoms with Crippen molar-refractivity contribution < 1.29 is 19.4 Å². The summed E-state index contributed by atoms with van der Waals surface area (Å²) in [5.41, 5.74) is 0.875. The first-order chi connectivity index (χ1) is 10.5. The third kappa shape index (κ3) is 4.08.